The molecule has 1 amide bonds. The average Bonchev–Trinajstić information content (AvgIpc) is 3.34. The number of thiazole rings is 1. The van der Waals surface area contributed by atoms with Gasteiger partial charge in [0.15, 0.2) is 11.5 Å². The molecule has 1 heterocycles. The molecular formula is C24H18ClN3O5S. The van der Waals surface area contributed by atoms with Gasteiger partial charge in [-0.05, 0) is 24.3 Å². The lowest BCUT2D eigenvalue weighted by Gasteiger charge is -2.11. The summed E-state index contributed by atoms with van der Waals surface area (Å²) in [5.41, 5.74) is 2.41. The Morgan fingerprint density at radius 3 is 2.41 bits per heavy atom. The summed E-state index contributed by atoms with van der Waals surface area (Å²) in [5.74, 6) is -0.276. The van der Waals surface area contributed by atoms with Crippen molar-refractivity contribution in [1.29, 1.82) is 0 Å². The van der Waals surface area contributed by atoms with E-state index in [1.165, 1.54) is 31.6 Å². The zero-order valence-electron chi connectivity index (χ0n) is 18.1. The summed E-state index contributed by atoms with van der Waals surface area (Å²) in [6.07, 6.45) is 0. The third-order valence-electron chi connectivity index (χ3n) is 4.95. The molecular weight excluding hydrogens is 478 g/mol. The lowest BCUT2D eigenvalue weighted by Crippen LogP contribution is -2.14. The number of nitrogens with one attached hydrogen (secondary N) is 1. The fraction of sp³-hybridized carbons (Fsp3) is 0.0833. The molecule has 0 aliphatic heterocycles. The number of carbonyl (C=O) groups is 1. The predicted molar refractivity (Wildman–Crippen MR) is 132 cm³/mol. The molecule has 0 unspecified atom stereocenters. The first kappa shape index (κ1) is 23.2. The lowest BCUT2D eigenvalue weighted by atomic mass is 10.1. The van der Waals surface area contributed by atoms with E-state index in [-0.39, 0.29) is 17.1 Å². The van der Waals surface area contributed by atoms with Gasteiger partial charge in [-0.15, -0.1) is 11.3 Å². The Morgan fingerprint density at radius 1 is 1.03 bits per heavy atom. The summed E-state index contributed by atoms with van der Waals surface area (Å²) in [7, 11) is 2.75. The van der Waals surface area contributed by atoms with Gasteiger partial charge in [-0.25, -0.2) is 4.98 Å². The monoisotopic (exact) mass is 495 g/mol. The molecule has 0 saturated heterocycles. The van der Waals surface area contributed by atoms with Crippen LogP contribution in [0, 0.1) is 10.1 Å². The molecule has 1 N–H and O–H groups in total. The number of nitrogens with zero attached hydrogens (tertiary/aromatic N) is 2. The van der Waals surface area contributed by atoms with E-state index in [1.807, 2.05) is 35.7 Å². The van der Waals surface area contributed by atoms with E-state index < -0.39 is 16.5 Å². The molecule has 0 radical (unpaired) electrons. The van der Waals surface area contributed by atoms with Gasteiger partial charge in [-0.2, -0.15) is 0 Å². The molecule has 1 aromatic heterocycles. The first-order chi connectivity index (χ1) is 16.4. The zero-order valence-corrected chi connectivity index (χ0v) is 19.6. The van der Waals surface area contributed by atoms with Crippen molar-refractivity contribution in [3.8, 4) is 33.3 Å². The van der Waals surface area contributed by atoms with Crippen molar-refractivity contribution in [1.82, 2.24) is 4.98 Å². The van der Waals surface area contributed by atoms with Gasteiger partial charge < -0.3 is 14.8 Å². The molecule has 0 aliphatic carbocycles. The molecule has 10 heteroatoms. The van der Waals surface area contributed by atoms with Crippen molar-refractivity contribution in [3.63, 3.8) is 0 Å². The molecule has 172 valence electrons. The second-order valence-corrected chi connectivity index (χ2v) is 8.36. The number of rotatable bonds is 7. The number of halogens is 1. The van der Waals surface area contributed by atoms with Crippen LogP contribution in [0.25, 0.3) is 21.8 Å². The molecule has 34 heavy (non-hydrogen) atoms. The van der Waals surface area contributed by atoms with Crippen LogP contribution in [0.3, 0.4) is 0 Å². The summed E-state index contributed by atoms with van der Waals surface area (Å²) in [6.45, 7) is 0. The summed E-state index contributed by atoms with van der Waals surface area (Å²) < 4.78 is 10.3. The van der Waals surface area contributed by atoms with Gasteiger partial charge in [0, 0.05) is 33.3 Å². The van der Waals surface area contributed by atoms with Gasteiger partial charge in [0.25, 0.3) is 11.6 Å². The Labute approximate surface area is 203 Å². The minimum atomic E-state index is -0.648. The van der Waals surface area contributed by atoms with Crippen LogP contribution in [0.2, 0.25) is 5.02 Å². The Hall–Kier alpha value is -3.95. The normalized spacial score (nSPS) is 10.6. The van der Waals surface area contributed by atoms with E-state index in [0.29, 0.717) is 10.7 Å². The highest BCUT2D eigenvalue weighted by molar-refractivity contribution is 7.13. The van der Waals surface area contributed by atoms with Gasteiger partial charge in [0.1, 0.15) is 10.6 Å². The number of nitro groups is 1. The van der Waals surface area contributed by atoms with Crippen molar-refractivity contribution < 1.29 is 19.2 Å². The third-order valence-corrected chi connectivity index (χ3v) is 6.10. The molecule has 0 fully saturated rings. The highest BCUT2D eigenvalue weighted by Crippen LogP contribution is 2.35. The van der Waals surface area contributed by atoms with Crippen LogP contribution >= 0.6 is 22.9 Å². The Balaban J connectivity index is 1.61. The van der Waals surface area contributed by atoms with Crippen LogP contribution in [0.15, 0.2) is 66.0 Å². The zero-order chi connectivity index (χ0) is 24.2. The van der Waals surface area contributed by atoms with E-state index in [9.17, 15) is 14.9 Å². The van der Waals surface area contributed by atoms with Crippen molar-refractivity contribution in [3.05, 3.63) is 86.7 Å². The Bertz CT molecular complexity index is 1370. The van der Waals surface area contributed by atoms with Crippen LogP contribution in [-0.4, -0.2) is 30.0 Å². The first-order valence-electron chi connectivity index (χ1n) is 9.93. The van der Waals surface area contributed by atoms with Crippen LogP contribution < -0.4 is 14.8 Å². The Morgan fingerprint density at radius 2 is 1.74 bits per heavy atom. The van der Waals surface area contributed by atoms with Crippen molar-refractivity contribution >= 4 is 40.2 Å². The number of hydrogen-bond donors (Lipinski definition) is 1. The number of amides is 1. The number of benzene rings is 3. The van der Waals surface area contributed by atoms with Crippen LogP contribution in [0.1, 0.15) is 10.4 Å². The number of hydrogen-bond acceptors (Lipinski definition) is 7. The van der Waals surface area contributed by atoms with Gasteiger partial charge in [-0.3, -0.25) is 14.9 Å². The number of carbonyl (C=O) groups excluding carboxylic acids is 1. The summed E-state index contributed by atoms with van der Waals surface area (Å²) >= 11 is 7.45. The first-order valence-corrected chi connectivity index (χ1v) is 11.2. The van der Waals surface area contributed by atoms with E-state index in [1.54, 1.807) is 18.2 Å². The number of aromatic nitrogens is 1. The molecule has 0 aliphatic rings. The summed E-state index contributed by atoms with van der Waals surface area (Å²) in [5, 5.41) is 17.7. The summed E-state index contributed by atoms with van der Waals surface area (Å²) in [4.78, 5) is 28.5. The maximum absolute atomic E-state index is 12.9. The smallest absolute Gasteiger partial charge is 0.286 e. The van der Waals surface area contributed by atoms with Crippen LogP contribution in [0.5, 0.6) is 11.5 Å². The second-order valence-electron chi connectivity index (χ2n) is 7.06. The maximum atomic E-state index is 12.9. The van der Waals surface area contributed by atoms with Gasteiger partial charge in [-0.1, -0.05) is 35.9 Å². The molecule has 4 rings (SSSR count). The molecule has 3 aromatic carbocycles. The standard InChI is InChI=1S/C24H18ClN3O5S/c1-32-21-11-18(20(28(30)31)12-22(21)33-2)23(29)26-17-5-3-4-15(10-17)19-13-34-24(27-19)14-6-8-16(25)9-7-14/h3-13H,1-2H3,(H,26,29). The Kier molecular flexibility index (Phi) is 6.76. The molecule has 0 atom stereocenters. The second kappa shape index (κ2) is 9.90. The van der Waals surface area contributed by atoms with Crippen LogP contribution in [-0.2, 0) is 0 Å². The van der Waals surface area contributed by atoms with E-state index >= 15 is 0 Å². The SMILES string of the molecule is COc1cc(C(=O)Nc2cccc(-c3csc(-c4ccc(Cl)cc4)n3)c2)c([N+](=O)[O-])cc1OC. The van der Waals surface area contributed by atoms with Gasteiger partial charge in [0.05, 0.1) is 30.9 Å². The molecule has 0 bridgehead atoms. The minimum Gasteiger partial charge on any atom is -0.493 e. The van der Waals surface area contributed by atoms with Crippen molar-refractivity contribution in [2.75, 3.05) is 19.5 Å². The number of nitro benzene ring substituents is 1. The molecule has 8 nitrogen and oxygen atoms in total. The predicted octanol–water partition coefficient (Wildman–Crippen LogP) is 6.31. The molecule has 0 saturated carbocycles. The number of ether oxygens (including phenoxy) is 2. The maximum Gasteiger partial charge on any atom is 0.286 e. The third kappa shape index (κ3) is 4.85. The summed E-state index contributed by atoms with van der Waals surface area (Å²) in [6, 6.07) is 17.0. The quantitative estimate of drug-likeness (QED) is 0.238. The van der Waals surface area contributed by atoms with Crippen LogP contribution in [0.4, 0.5) is 11.4 Å². The minimum absolute atomic E-state index is 0.147. The van der Waals surface area contributed by atoms with Crippen molar-refractivity contribution in [2.45, 2.75) is 0 Å². The fourth-order valence-corrected chi connectivity index (χ4v) is 4.25. The molecule has 4 aromatic rings. The van der Waals surface area contributed by atoms with Gasteiger partial charge in [0.2, 0.25) is 0 Å². The largest absolute Gasteiger partial charge is 0.493 e. The lowest BCUT2D eigenvalue weighted by molar-refractivity contribution is -0.385. The highest BCUT2D eigenvalue weighted by atomic mass is 35.5. The van der Waals surface area contributed by atoms with E-state index in [0.717, 1.165) is 27.9 Å². The molecule has 0 spiro atoms. The topological polar surface area (TPSA) is 104 Å². The average molecular weight is 496 g/mol. The number of anilines is 1. The number of methoxy groups -OCH3 is 2. The van der Waals surface area contributed by atoms with E-state index in [2.05, 4.69) is 10.3 Å². The fourth-order valence-electron chi connectivity index (χ4n) is 3.29. The van der Waals surface area contributed by atoms with E-state index in [4.69, 9.17) is 21.1 Å². The van der Waals surface area contributed by atoms with Gasteiger partial charge >= 0.3 is 0 Å². The van der Waals surface area contributed by atoms with Crippen molar-refractivity contribution in [2.24, 2.45) is 0 Å². The highest BCUT2D eigenvalue weighted by Gasteiger charge is 2.24.